The first-order valence-electron chi connectivity index (χ1n) is 9.36. The first-order chi connectivity index (χ1) is 13.9. The van der Waals surface area contributed by atoms with Crippen molar-refractivity contribution in [1.82, 2.24) is 10.2 Å². The smallest absolute Gasteiger partial charge is 0.313 e. The molecule has 29 heavy (non-hydrogen) atoms. The number of likely N-dealkylation sites (N-methyl/N-ethyl adjacent to an activating group) is 1. The van der Waals surface area contributed by atoms with Crippen molar-refractivity contribution in [2.75, 3.05) is 26.0 Å². The monoisotopic (exact) mass is 409 g/mol. The molecule has 6 heteroatoms. The Morgan fingerprint density at radius 2 is 1.72 bits per heavy atom. The molecule has 1 unspecified atom stereocenters. The Bertz CT molecular complexity index is 1040. The van der Waals surface area contributed by atoms with Gasteiger partial charge in [-0.25, -0.2) is 0 Å². The van der Waals surface area contributed by atoms with E-state index in [2.05, 4.69) is 34.9 Å². The van der Waals surface area contributed by atoms with E-state index in [4.69, 9.17) is 11.6 Å². The minimum atomic E-state index is -0.717. The van der Waals surface area contributed by atoms with Crippen LogP contribution in [0.2, 0.25) is 5.02 Å². The number of anilines is 1. The maximum atomic E-state index is 12.4. The lowest BCUT2D eigenvalue weighted by molar-refractivity contribution is -0.136. The SMILES string of the molecule is Cc1ccc(Cl)cc1NC(=O)C(=O)NCC(c1cccc2ccccc12)N(C)C. The maximum Gasteiger partial charge on any atom is 0.313 e. The summed E-state index contributed by atoms with van der Waals surface area (Å²) in [6.45, 7) is 2.15. The van der Waals surface area contributed by atoms with Gasteiger partial charge in [-0.15, -0.1) is 0 Å². The molecule has 0 spiro atoms. The van der Waals surface area contributed by atoms with Gasteiger partial charge in [-0.1, -0.05) is 60.1 Å². The molecular formula is C23H24ClN3O2. The van der Waals surface area contributed by atoms with Gasteiger partial charge in [-0.2, -0.15) is 0 Å². The summed E-state index contributed by atoms with van der Waals surface area (Å²) in [5.41, 5.74) is 2.45. The van der Waals surface area contributed by atoms with Crippen LogP contribution in [0.4, 0.5) is 5.69 Å². The number of hydrogen-bond donors (Lipinski definition) is 2. The number of benzene rings is 3. The van der Waals surface area contributed by atoms with Crippen LogP contribution in [0.1, 0.15) is 17.2 Å². The molecule has 0 saturated carbocycles. The Morgan fingerprint density at radius 3 is 2.48 bits per heavy atom. The molecule has 0 saturated heterocycles. The number of fused-ring (bicyclic) bond motifs is 1. The van der Waals surface area contributed by atoms with Gasteiger partial charge in [0.15, 0.2) is 0 Å². The second kappa shape index (κ2) is 9.07. The van der Waals surface area contributed by atoms with E-state index in [1.54, 1.807) is 18.2 Å². The summed E-state index contributed by atoms with van der Waals surface area (Å²) in [6.07, 6.45) is 0. The fourth-order valence-electron chi connectivity index (χ4n) is 3.29. The molecule has 2 amide bonds. The van der Waals surface area contributed by atoms with Gasteiger partial charge in [0.05, 0.1) is 6.04 Å². The fraction of sp³-hybridized carbons (Fsp3) is 0.217. The molecule has 2 N–H and O–H groups in total. The van der Waals surface area contributed by atoms with Crippen LogP contribution in [0.15, 0.2) is 60.7 Å². The molecule has 1 atom stereocenters. The van der Waals surface area contributed by atoms with Gasteiger partial charge in [-0.05, 0) is 55.1 Å². The van der Waals surface area contributed by atoms with E-state index >= 15 is 0 Å². The molecule has 3 aromatic rings. The van der Waals surface area contributed by atoms with Crippen LogP contribution in [0.3, 0.4) is 0 Å². The molecule has 3 aromatic carbocycles. The van der Waals surface area contributed by atoms with Crippen LogP contribution >= 0.6 is 11.6 Å². The van der Waals surface area contributed by atoms with Crippen LogP contribution in [0, 0.1) is 6.92 Å². The fourth-order valence-corrected chi connectivity index (χ4v) is 3.46. The Labute approximate surface area is 175 Å². The van der Waals surface area contributed by atoms with Gasteiger partial charge in [-0.3, -0.25) is 9.59 Å². The average Bonchev–Trinajstić information content (AvgIpc) is 2.70. The van der Waals surface area contributed by atoms with E-state index in [0.29, 0.717) is 17.3 Å². The van der Waals surface area contributed by atoms with Crippen molar-refractivity contribution in [2.45, 2.75) is 13.0 Å². The lowest BCUT2D eigenvalue weighted by Gasteiger charge is -2.26. The van der Waals surface area contributed by atoms with Crippen molar-refractivity contribution in [1.29, 1.82) is 0 Å². The number of carbonyl (C=O) groups excluding carboxylic acids is 2. The predicted octanol–water partition coefficient (Wildman–Crippen LogP) is 4.16. The normalized spacial score (nSPS) is 12.0. The topological polar surface area (TPSA) is 61.4 Å². The van der Waals surface area contributed by atoms with Crippen molar-refractivity contribution in [3.63, 3.8) is 0 Å². The van der Waals surface area contributed by atoms with E-state index in [0.717, 1.165) is 21.9 Å². The molecule has 0 heterocycles. The van der Waals surface area contributed by atoms with Crippen LogP contribution in [0.25, 0.3) is 10.8 Å². The minimum absolute atomic E-state index is 0.0780. The quantitative estimate of drug-likeness (QED) is 0.622. The molecule has 0 aliphatic heterocycles. The highest BCUT2D eigenvalue weighted by atomic mass is 35.5. The van der Waals surface area contributed by atoms with Gasteiger partial charge >= 0.3 is 11.8 Å². The van der Waals surface area contributed by atoms with Crippen LogP contribution < -0.4 is 10.6 Å². The van der Waals surface area contributed by atoms with Crippen molar-refractivity contribution >= 4 is 39.9 Å². The second-order valence-electron chi connectivity index (χ2n) is 7.17. The average molecular weight is 410 g/mol. The van der Waals surface area contributed by atoms with Crippen molar-refractivity contribution in [3.05, 3.63) is 76.8 Å². The zero-order valence-corrected chi connectivity index (χ0v) is 17.5. The summed E-state index contributed by atoms with van der Waals surface area (Å²) >= 11 is 5.98. The Morgan fingerprint density at radius 1 is 1.00 bits per heavy atom. The molecule has 0 radical (unpaired) electrons. The zero-order valence-electron chi connectivity index (χ0n) is 16.7. The number of nitrogens with one attached hydrogen (secondary N) is 2. The van der Waals surface area contributed by atoms with E-state index in [1.807, 2.05) is 44.1 Å². The third-order valence-electron chi connectivity index (χ3n) is 4.92. The standard InChI is InChI=1S/C23H24ClN3O2/c1-15-11-12-17(24)13-20(15)26-23(29)22(28)25-14-21(27(2)3)19-10-6-8-16-7-4-5-9-18(16)19/h4-13,21H,14H2,1-3H3,(H,25,28)(H,26,29). The van der Waals surface area contributed by atoms with Gasteiger partial charge in [0.2, 0.25) is 0 Å². The second-order valence-corrected chi connectivity index (χ2v) is 7.61. The third kappa shape index (κ3) is 4.94. The molecule has 5 nitrogen and oxygen atoms in total. The Kier molecular flexibility index (Phi) is 6.52. The summed E-state index contributed by atoms with van der Waals surface area (Å²) in [5.74, 6) is -1.40. The summed E-state index contributed by atoms with van der Waals surface area (Å²) in [6, 6.07) is 19.3. The lowest BCUT2D eigenvalue weighted by atomic mass is 9.98. The number of hydrogen-bond acceptors (Lipinski definition) is 3. The lowest BCUT2D eigenvalue weighted by Crippen LogP contribution is -2.40. The van der Waals surface area contributed by atoms with Gasteiger partial charge in [0, 0.05) is 17.3 Å². The molecule has 0 bridgehead atoms. The number of aryl methyl sites for hydroxylation is 1. The molecule has 0 aliphatic carbocycles. The number of nitrogens with zero attached hydrogens (tertiary/aromatic N) is 1. The van der Waals surface area contributed by atoms with E-state index in [1.165, 1.54) is 0 Å². The van der Waals surface area contributed by atoms with Gasteiger partial charge < -0.3 is 15.5 Å². The van der Waals surface area contributed by atoms with Crippen LogP contribution in [-0.4, -0.2) is 37.4 Å². The molecule has 0 aliphatic rings. The number of carbonyl (C=O) groups is 2. The van der Waals surface area contributed by atoms with Crippen LogP contribution in [-0.2, 0) is 9.59 Å². The highest BCUT2D eigenvalue weighted by Crippen LogP contribution is 2.26. The molecular weight excluding hydrogens is 386 g/mol. The van der Waals surface area contributed by atoms with Crippen molar-refractivity contribution in [3.8, 4) is 0 Å². The zero-order chi connectivity index (χ0) is 21.0. The van der Waals surface area contributed by atoms with E-state index in [-0.39, 0.29) is 6.04 Å². The van der Waals surface area contributed by atoms with Gasteiger partial charge in [0.1, 0.15) is 0 Å². The largest absolute Gasteiger partial charge is 0.346 e. The van der Waals surface area contributed by atoms with E-state index in [9.17, 15) is 9.59 Å². The van der Waals surface area contributed by atoms with Crippen LogP contribution in [0.5, 0.6) is 0 Å². The van der Waals surface area contributed by atoms with Gasteiger partial charge in [0.25, 0.3) is 0 Å². The predicted molar refractivity (Wildman–Crippen MR) is 118 cm³/mol. The first-order valence-corrected chi connectivity index (χ1v) is 9.74. The first kappa shape index (κ1) is 20.8. The summed E-state index contributed by atoms with van der Waals surface area (Å²) in [5, 5.41) is 8.14. The Balaban J connectivity index is 1.72. The molecule has 3 rings (SSSR count). The van der Waals surface area contributed by atoms with Crippen molar-refractivity contribution < 1.29 is 9.59 Å². The number of amides is 2. The van der Waals surface area contributed by atoms with Crippen molar-refractivity contribution in [2.24, 2.45) is 0 Å². The molecule has 0 fully saturated rings. The third-order valence-corrected chi connectivity index (χ3v) is 5.15. The minimum Gasteiger partial charge on any atom is -0.346 e. The maximum absolute atomic E-state index is 12.4. The Hall–Kier alpha value is -2.89. The number of halogens is 1. The molecule has 0 aromatic heterocycles. The van der Waals surface area contributed by atoms with E-state index < -0.39 is 11.8 Å². The molecule has 150 valence electrons. The summed E-state index contributed by atoms with van der Waals surface area (Å²) in [4.78, 5) is 26.7. The summed E-state index contributed by atoms with van der Waals surface area (Å²) < 4.78 is 0. The highest BCUT2D eigenvalue weighted by Gasteiger charge is 2.20. The number of rotatable bonds is 5. The summed E-state index contributed by atoms with van der Waals surface area (Å²) in [7, 11) is 3.90. The highest BCUT2D eigenvalue weighted by molar-refractivity contribution is 6.40.